The van der Waals surface area contributed by atoms with Gasteiger partial charge in [0.15, 0.2) is 0 Å². The van der Waals surface area contributed by atoms with Crippen molar-refractivity contribution in [2.24, 2.45) is 0 Å². The lowest BCUT2D eigenvalue weighted by Crippen LogP contribution is -2.38. The molecule has 21 heavy (non-hydrogen) atoms. The Balaban J connectivity index is 1.73. The molecule has 3 nitrogen and oxygen atoms in total. The van der Waals surface area contributed by atoms with Gasteiger partial charge in [-0.05, 0) is 54.3 Å². The van der Waals surface area contributed by atoms with Crippen molar-refractivity contribution in [2.45, 2.75) is 25.0 Å². The maximum atomic E-state index is 6.27. The molecule has 0 saturated heterocycles. The summed E-state index contributed by atoms with van der Waals surface area (Å²) in [4.78, 5) is 0. The maximum Gasteiger partial charge on any atom is 0.144 e. The summed E-state index contributed by atoms with van der Waals surface area (Å²) in [5.74, 6) is 1.84. The molecule has 0 spiro atoms. The Morgan fingerprint density at radius 3 is 3.00 bits per heavy atom. The fourth-order valence-electron chi connectivity index (χ4n) is 3.23. The van der Waals surface area contributed by atoms with E-state index < -0.39 is 0 Å². The predicted octanol–water partition coefficient (Wildman–Crippen LogP) is 4.32. The molecule has 108 valence electrons. The molecule has 0 saturated carbocycles. The van der Waals surface area contributed by atoms with E-state index in [4.69, 9.17) is 9.47 Å². The lowest BCUT2D eigenvalue weighted by molar-refractivity contribution is 0.157. The van der Waals surface area contributed by atoms with Crippen LogP contribution in [-0.2, 0) is 6.42 Å². The number of rotatable bonds is 1. The number of nitrogens with one attached hydrogen (secondary N) is 1. The summed E-state index contributed by atoms with van der Waals surface area (Å²) < 4.78 is 12.7. The molecule has 4 rings (SSSR count). The summed E-state index contributed by atoms with van der Waals surface area (Å²) >= 11 is 3.51. The quantitative estimate of drug-likeness (QED) is 0.834. The molecule has 2 unspecified atom stereocenters. The highest BCUT2D eigenvalue weighted by molar-refractivity contribution is 9.10. The molecule has 1 aliphatic carbocycles. The Labute approximate surface area is 132 Å². The first-order chi connectivity index (χ1) is 10.2. The fraction of sp³-hybridized carbons (Fsp3) is 0.294. The zero-order chi connectivity index (χ0) is 14.4. The normalized spacial score (nSPS) is 22.2. The van der Waals surface area contributed by atoms with Crippen molar-refractivity contribution in [3.05, 3.63) is 52.0 Å². The number of aryl methyl sites for hydroxylation is 1. The van der Waals surface area contributed by atoms with Gasteiger partial charge >= 0.3 is 0 Å². The molecular formula is C17H16BrNO2. The maximum absolute atomic E-state index is 6.27. The van der Waals surface area contributed by atoms with Gasteiger partial charge in [-0.25, -0.2) is 0 Å². The molecule has 2 aromatic carbocycles. The van der Waals surface area contributed by atoms with E-state index in [-0.39, 0.29) is 6.10 Å². The van der Waals surface area contributed by atoms with Crippen molar-refractivity contribution in [1.82, 2.24) is 0 Å². The van der Waals surface area contributed by atoms with Crippen LogP contribution in [0.15, 0.2) is 40.9 Å². The lowest BCUT2D eigenvalue weighted by Gasteiger charge is -2.39. The Morgan fingerprint density at radius 2 is 2.14 bits per heavy atom. The highest BCUT2D eigenvalue weighted by atomic mass is 79.9. The highest BCUT2D eigenvalue weighted by Crippen LogP contribution is 2.43. The van der Waals surface area contributed by atoms with Gasteiger partial charge in [0, 0.05) is 4.47 Å². The molecule has 2 aliphatic rings. The summed E-state index contributed by atoms with van der Waals surface area (Å²) in [6.07, 6.45) is 2.19. The van der Waals surface area contributed by atoms with Crippen LogP contribution < -0.4 is 14.8 Å². The minimum absolute atomic E-state index is 0.0772. The molecule has 1 N–H and O–H groups in total. The smallest absolute Gasteiger partial charge is 0.144 e. The molecule has 1 heterocycles. The van der Waals surface area contributed by atoms with Crippen LogP contribution >= 0.6 is 15.9 Å². The van der Waals surface area contributed by atoms with Gasteiger partial charge in [-0.3, -0.25) is 0 Å². The SMILES string of the molecule is COc1ccc2c(c1)CCC1Nc3cc(Br)ccc3OC21. The number of fused-ring (bicyclic) bond motifs is 4. The van der Waals surface area contributed by atoms with Gasteiger partial charge in [0.2, 0.25) is 0 Å². The van der Waals surface area contributed by atoms with E-state index >= 15 is 0 Å². The van der Waals surface area contributed by atoms with Crippen LogP contribution in [0, 0.1) is 0 Å². The first-order valence-electron chi connectivity index (χ1n) is 7.14. The van der Waals surface area contributed by atoms with E-state index in [1.807, 2.05) is 18.2 Å². The van der Waals surface area contributed by atoms with Gasteiger partial charge in [-0.1, -0.05) is 22.0 Å². The number of benzene rings is 2. The average molecular weight is 346 g/mol. The number of hydrogen-bond acceptors (Lipinski definition) is 3. The Bertz CT molecular complexity index is 701. The van der Waals surface area contributed by atoms with Gasteiger partial charge in [-0.2, -0.15) is 0 Å². The van der Waals surface area contributed by atoms with E-state index in [1.165, 1.54) is 11.1 Å². The van der Waals surface area contributed by atoms with Crippen molar-refractivity contribution in [1.29, 1.82) is 0 Å². The van der Waals surface area contributed by atoms with E-state index in [2.05, 4.69) is 39.4 Å². The predicted molar refractivity (Wildman–Crippen MR) is 86.2 cm³/mol. The zero-order valence-corrected chi connectivity index (χ0v) is 13.3. The topological polar surface area (TPSA) is 30.5 Å². The Kier molecular flexibility index (Phi) is 3.07. The number of halogens is 1. The molecule has 1 aliphatic heterocycles. The van der Waals surface area contributed by atoms with Gasteiger partial charge in [0.25, 0.3) is 0 Å². The molecule has 0 aromatic heterocycles. The van der Waals surface area contributed by atoms with Crippen LogP contribution in [0.4, 0.5) is 5.69 Å². The summed E-state index contributed by atoms with van der Waals surface area (Å²) in [6, 6.07) is 12.7. The molecular weight excluding hydrogens is 330 g/mol. The third-order valence-electron chi connectivity index (χ3n) is 4.28. The zero-order valence-electron chi connectivity index (χ0n) is 11.7. The van der Waals surface area contributed by atoms with Crippen LogP contribution in [-0.4, -0.2) is 13.2 Å². The Hall–Kier alpha value is -1.68. The van der Waals surface area contributed by atoms with Crippen LogP contribution in [0.5, 0.6) is 11.5 Å². The van der Waals surface area contributed by atoms with Crippen LogP contribution in [0.25, 0.3) is 0 Å². The lowest BCUT2D eigenvalue weighted by atomic mass is 9.84. The highest BCUT2D eigenvalue weighted by Gasteiger charge is 2.35. The van der Waals surface area contributed by atoms with Gasteiger partial charge in [-0.15, -0.1) is 0 Å². The molecule has 0 fully saturated rings. The van der Waals surface area contributed by atoms with Crippen molar-refractivity contribution < 1.29 is 9.47 Å². The minimum atomic E-state index is 0.0772. The third-order valence-corrected chi connectivity index (χ3v) is 4.78. The monoisotopic (exact) mass is 345 g/mol. The summed E-state index contributed by atoms with van der Waals surface area (Å²) in [5, 5.41) is 3.62. The van der Waals surface area contributed by atoms with Crippen molar-refractivity contribution in [3.8, 4) is 11.5 Å². The van der Waals surface area contributed by atoms with E-state index in [0.29, 0.717) is 6.04 Å². The number of methoxy groups -OCH3 is 1. The van der Waals surface area contributed by atoms with E-state index in [9.17, 15) is 0 Å². The molecule has 0 radical (unpaired) electrons. The molecule has 2 atom stereocenters. The van der Waals surface area contributed by atoms with Crippen LogP contribution in [0.3, 0.4) is 0 Å². The van der Waals surface area contributed by atoms with Gasteiger partial charge in [0.05, 0.1) is 18.8 Å². The van der Waals surface area contributed by atoms with Gasteiger partial charge in [0.1, 0.15) is 17.6 Å². The van der Waals surface area contributed by atoms with Gasteiger partial charge < -0.3 is 14.8 Å². The average Bonchev–Trinajstić information content (AvgIpc) is 2.52. The van der Waals surface area contributed by atoms with Crippen molar-refractivity contribution >= 4 is 21.6 Å². The second kappa shape index (κ2) is 4.95. The first-order valence-corrected chi connectivity index (χ1v) is 7.93. The summed E-state index contributed by atoms with van der Waals surface area (Å²) in [5.41, 5.74) is 3.67. The summed E-state index contributed by atoms with van der Waals surface area (Å²) in [6.45, 7) is 0. The van der Waals surface area contributed by atoms with E-state index in [0.717, 1.165) is 34.5 Å². The van der Waals surface area contributed by atoms with Crippen LogP contribution in [0.1, 0.15) is 23.7 Å². The van der Waals surface area contributed by atoms with Crippen molar-refractivity contribution in [2.75, 3.05) is 12.4 Å². The minimum Gasteiger partial charge on any atom is -0.497 e. The summed E-state index contributed by atoms with van der Waals surface area (Å²) in [7, 11) is 1.71. The standard InChI is InChI=1S/C17H16BrNO2/c1-20-12-4-5-13-10(8-12)2-6-14-17(13)21-16-7-3-11(18)9-15(16)19-14/h3-5,7-9,14,17,19H,2,6H2,1H3. The largest absolute Gasteiger partial charge is 0.497 e. The second-order valence-electron chi connectivity index (χ2n) is 5.53. The molecule has 0 bridgehead atoms. The Morgan fingerprint density at radius 1 is 1.24 bits per heavy atom. The molecule has 0 amide bonds. The van der Waals surface area contributed by atoms with E-state index in [1.54, 1.807) is 7.11 Å². The molecule has 2 aromatic rings. The fourth-order valence-corrected chi connectivity index (χ4v) is 3.59. The first kappa shape index (κ1) is 13.0. The van der Waals surface area contributed by atoms with Crippen LogP contribution in [0.2, 0.25) is 0 Å². The number of anilines is 1. The number of hydrogen-bond donors (Lipinski definition) is 1. The van der Waals surface area contributed by atoms with Crippen molar-refractivity contribution in [3.63, 3.8) is 0 Å². The second-order valence-corrected chi connectivity index (χ2v) is 6.45. The third kappa shape index (κ3) is 2.18. The number of ether oxygens (including phenoxy) is 2. The molecule has 4 heteroatoms.